The summed E-state index contributed by atoms with van der Waals surface area (Å²) < 4.78 is 13.1. The molecule has 5 heteroatoms. The van der Waals surface area contributed by atoms with Gasteiger partial charge < -0.3 is 10.2 Å². The van der Waals surface area contributed by atoms with E-state index >= 15 is 0 Å². The quantitative estimate of drug-likeness (QED) is 0.722. The van der Waals surface area contributed by atoms with Gasteiger partial charge in [0.15, 0.2) is 0 Å². The van der Waals surface area contributed by atoms with Crippen molar-refractivity contribution in [1.29, 1.82) is 0 Å². The first-order chi connectivity index (χ1) is 14.2. The molecule has 1 amide bonds. The van der Waals surface area contributed by atoms with Crippen molar-refractivity contribution in [1.82, 2.24) is 10.2 Å². The van der Waals surface area contributed by atoms with Crippen LogP contribution in [0.3, 0.4) is 0 Å². The van der Waals surface area contributed by atoms with E-state index in [0.717, 1.165) is 51.3 Å². The van der Waals surface area contributed by atoms with Crippen LogP contribution in [-0.4, -0.2) is 43.5 Å². The molecule has 2 fully saturated rings. The molecule has 0 spiro atoms. The van der Waals surface area contributed by atoms with Crippen molar-refractivity contribution in [2.45, 2.75) is 38.1 Å². The second-order valence-corrected chi connectivity index (χ2v) is 8.16. The van der Waals surface area contributed by atoms with Crippen LogP contribution >= 0.6 is 0 Å². The average molecular weight is 396 g/mol. The highest BCUT2D eigenvalue weighted by atomic mass is 19.1. The third-order valence-electron chi connectivity index (χ3n) is 6.13. The van der Waals surface area contributed by atoms with Gasteiger partial charge in [-0.05, 0) is 67.6 Å². The Morgan fingerprint density at radius 3 is 2.31 bits per heavy atom. The Bertz CT molecular complexity index is 798. The fourth-order valence-corrected chi connectivity index (χ4v) is 4.33. The summed E-state index contributed by atoms with van der Waals surface area (Å²) in [5.74, 6) is -0.00935. The van der Waals surface area contributed by atoms with Crippen LogP contribution in [-0.2, 0) is 11.2 Å². The Hall–Kier alpha value is -2.40. The number of hydrogen-bond donors (Lipinski definition) is 1. The van der Waals surface area contributed by atoms with Crippen LogP contribution in [0, 0.1) is 5.82 Å². The maximum atomic E-state index is 13.1. The molecule has 4 rings (SSSR count). The molecule has 2 aliphatic rings. The van der Waals surface area contributed by atoms with Crippen molar-refractivity contribution >= 4 is 11.6 Å². The molecule has 1 N–H and O–H groups in total. The highest BCUT2D eigenvalue weighted by Gasteiger charge is 2.22. The minimum Gasteiger partial charge on any atom is -0.369 e. The standard InChI is InChI=1S/C24H30FN3O/c25-21-8-10-22(11-9-21)28-17-15-27(16-18-28)14-2-1-3-19-4-6-20(7-5-19)23-12-13-24(29)26-23/h4-11,23H,1-3,12-18H2,(H,26,29). The summed E-state index contributed by atoms with van der Waals surface area (Å²) in [6.45, 7) is 5.29. The normalized spacial score (nSPS) is 20.1. The monoisotopic (exact) mass is 395 g/mol. The lowest BCUT2D eigenvalue weighted by Gasteiger charge is -2.36. The van der Waals surface area contributed by atoms with Crippen molar-refractivity contribution in [3.8, 4) is 0 Å². The number of benzene rings is 2. The second-order valence-electron chi connectivity index (χ2n) is 8.16. The van der Waals surface area contributed by atoms with Crippen LogP contribution in [0.1, 0.15) is 42.9 Å². The molecular weight excluding hydrogens is 365 g/mol. The van der Waals surface area contributed by atoms with Gasteiger partial charge in [0.25, 0.3) is 0 Å². The minimum absolute atomic E-state index is 0.164. The highest BCUT2D eigenvalue weighted by Crippen LogP contribution is 2.24. The fraction of sp³-hybridized carbons (Fsp3) is 0.458. The van der Waals surface area contributed by atoms with Gasteiger partial charge in [-0.25, -0.2) is 4.39 Å². The molecule has 2 aromatic carbocycles. The Labute approximate surface area is 172 Å². The van der Waals surface area contributed by atoms with E-state index in [1.807, 2.05) is 12.1 Å². The predicted octanol–water partition coefficient (Wildman–Crippen LogP) is 3.92. The molecule has 154 valence electrons. The first kappa shape index (κ1) is 19.9. The van der Waals surface area contributed by atoms with Gasteiger partial charge in [-0.3, -0.25) is 9.69 Å². The minimum atomic E-state index is -0.174. The van der Waals surface area contributed by atoms with Gasteiger partial charge >= 0.3 is 0 Å². The van der Waals surface area contributed by atoms with E-state index in [0.29, 0.717) is 6.42 Å². The smallest absolute Gasteiger partial charge is 0.220 e. The largest absolute Gasteiger partial charge is 0.369 e. The summed E-state index contributed by atoms with van der Waals surface area (Å²) >= 11 is 0. The fourth-order valence-electron chi connectivity index (χ4n) is 4.33. The third-order valence-corrected chi connectivity index (χ3v) is 6.13. The maximum absolute atomic E-state index is 13.1. The number of rotatable bonds is 7. The lowest BCUT2D eigenvalue weighted by atomic mass is 10.0. The molecule has 0 bridgehead atoms. The van der Waals surface area contributed by atoms with Gasteiger partial charge in [-0.1, -0.05) is 24.3 Å². The van der Waals surface area contributed by atoms with E-state index in [1.165, 1.54) is 36.1 Å². The zero-order chi connectivity index (χ0) is 20.1. The summed E-state index contributed by atoms with van der Waals surface area (Å²) in [5.41, 5.74) is 3.71. The molecule has 2 aliphatic heterocycles. The molecule has 0 saturated carbocycles. The molecule has 0 aromatic heterocycles. The zero-order valence-corrected chi connectivity index (χ0v) is 16.9. The molecule has 2 heterocycles. The van der Waals surface area contributed by atoms with Crippen molar-refractivity contribution < 1.29 is 9.18 Å². The number of unbranched alkanes of at least 4 members (excludes halogenated alkanes) is 1. The molecule has 29 heavy (non-hydrogen) atoms. The van der Waals surface area contributed by atoms with Gasteiger partial charge in [0.05, 0.1) is 6.04 Å². The number of nitrogens with one attached hydrogen (secondary N) is 1. The van der Waals surface area contributed by atoms with Crippen LogP contribution in [0.2, 0.25) is 0 Å². The van der Waals surface area contributed by atoms with Crippen molar-refractivity contribution in [3.63, 3.8) is 0 Å². The SMILES string of the molecule is O=C1CCC(c2ccc(CCCCN3CCN(c4ccc(F)cc4)CC3)cc2)N1. The Balaban J connectivity index is 1.14. The van der Waals surface area contributed by atoms with Crippen LogP contribution in [0.15, 0.2) is 48.5 Å². The van der Waals surface area contributed by atoms with Gasteiger partial charge in [0.1, 0.15) is 5.82 Å². The molecule has 2 saturated heterocycles. The number of hydrogen-bond acceptors (Lipinski definition) is 3. The summed E-state index contributed by atoms with van der Waals surface area (Å²) in [4.78, 5) is 16.2. The van der Waals surface area contributed by atoms with Crippen LogP contribution in [0.25, 0.3) is 0 Å². The number of anilines is 1. The summed E-state index contributed by atoms with van der Waals surface area (Å²) in [6, 6.07) is 15.8. The highest BCUT2D eigenvalue weighted by molar-refractivity contribution is 5.78. The first-order valence-corrected chi connectivity index (χ1v) is 10.8. The summed E-state index contributed by atoms with van der Waals surface area (Å²) in [6.07, 6.45) is 5.05. The molecule has 1 unspecified atom stereocenters. The summed E-state index contributed by atoms with van der Waals surface area (Å²) in [7, 11) is 0. The number of carbonyl (C=O) groups is 1. The predicted molar refractivity (Wildman–Crippen MR) is 115 cm³/mol. The van der Waals surface area contributed by atoms with Crippen LogP contribution in [0.5, 0.6) is 0 Å². The Morgan fingerprint density at radius 1 is 0.931 bits per heavy atom. The number of aryl methyl sites for hydroxylation is 1. The second kappa shape index (κ2) is 9.40. The van der Waals surface area contributed by atoms with Gasteiger partial charge in [-0.15, -0.1) is 0 Å². The van der Waals surface area contributed by atoms with Gasteiger partial charge in [0, 0.05) is 38.3 Å². The molecule has 0 radical (unpaired) electrons. The molecule has 2 aromatic rings. The van der Waals surface area contributed by atoms with E-state index in [2.05, 4.69) is 39.4 Å². The molecule has 0 aliphatic carbocycles. The number of amides is 1. The number of halogens is 1. The van der Waals surface area contributed by atoms with Crippen molar-refractivity contribution in [2.24, 2.45) is 0 Å². The molecule has 4 nitrogen and oxygen atoms in total. The van der Waals surface area contributed by atoms with Crippen LogP contribution < -0.4 is 10.2 Å². The lowest BCUT2D eigenvalue weighted by Crippen LogP contribution is -2.46. The topological polar surface area (TPSA) is 35.6 Å². The van der Waals surface area contributed by atoms with Gasteiger partial charge in [-0.2, -0.15) is 0 Å². The van der Waals surface area contributed by atoms with Crippen molar-refractivity contribution in [3.05, 3.63) is 65.5 Å². The third kappa shape index (κ3) is 5.36. The Morgan fingerprint density at radius 2 is 1.66 bits per heavy atom. The zero-order valence-electron chi connectivity index (χ0n) is 16.9. The number of nitrogens with zero attached hydrogens (tertiary/aromatic N) is 2. The summed E-state index contributed by atoms with van der Waals surface area (Å²) in [5, 5.41) is 3.03. The number of carbonyl (C=O) groups excluding carboxylic acids is 1. The number of piperazine rings is 1. The first-order valence-electron chi connectivity index (χ1n) is 10.8. The molecule has 1 atom stereocenters. The van der Waals surface area contributed by atoms with E-state index in [9.17, 15) is 9.18 Å². The van der Waals surface area contributed by atoms with E-state index in [1.54, 1.807) is 0 Å². The van der Waals surface area contributed by atoms with Crippen molar-refractivity contribution in [2.75, 3.05) is 37.6 Å². The van der Waals surface area contributed by atoms with Crippen LogP contribution in [0.4, 0.5) is 10.1 Å². The Kier molecular flexibility index (Phi) is 6.45. The van der Waals surface area contributed by atoms with E-state index < -0.39 is 0 Å². The average Bonchev–Trinajstić information content (AvgIpc) is 3.19. The van der Waals surface area contributed by atoms with E-state index in [4.69, 9.17) is 0 Å². The van der Waals surface area contributed by atoms with Gasteiger partial charge in [0.2, 0.25) is 5.91 Å². The lowest BCUT2D eigenvalue weighted by molar-refractivity contribution is -0.119. The maximum Gasteiger partial charge on any atom is 0.220 e. The molecular formula is C24H30FN3O. The van der Waals surface area contributed by atoms with E-state index in [-0.39, 0.29) is 17.8 Å².